The Labute approximate surface area is 122 Å². The van der Waals surface area contributed by atoms with E-state index in [2.05, 4.69) is 10.3 Å². The van der Waals surface area contributed by atoms with E-state index >= 15 is 0 Å². The monoisotopic (exact) mass is 374 g/mol. The molecule has 0 bridgehead atoms. The molecule has 1 aromatic heterocycles. The van der Waals surface area contributed by atoms with Gasteiger partial charge in [0.2, 0.25) is 11.9 Å². The number of rotatable bonds is 3. The highest BCUT2D eigenvalue weighted by Crippen LogP contribution is 2.23. The summed E-state index contributed by atoms with van der Waals surface area (Å²) in [6, 6.07) is 3.28. The number of carbonyl (C=O) groups excluding carboxylic acids is 1. The lowest BCUT2D eigenvalue weighted by atomic mass is 10.3. The van der Waals surface area contributed by atoms with Gasteiger partial charge in [0.25, 0.3) is 0 Å². The zero-order valence-corrected chi connectivity index (χ0v) is 12.1. The maximum Gasteiger partial charge on any atom is 0.240 e. The van der Waals surface area contributed by atoms with Crippen LogP contribution >= 0.6 is 22.6 Å². The predicted octanol–water partition coefficient (Wildman–Crippen LogP) is 1.64. The SMILES string of the molecule is Nc1nc2cc(I)c(F)cc2n1CC(=O)NC1CC1. The number of fused-ring (bicyclic) bond motifs is 1. The first kappa shape index (κ1) is 12.6. The van der Waals surface area contributed by atoms with Crippen molar-refractivity contribution in [2.45, 2.75) is 25.4 Å². The van der Waals surface area contributed by atoms with Gasteiger partial charge in [-0.3, -0.25) is 4.79 Å². The van der Waals surface area contributed by atoms with Crippen LogP contribution in [0.5, 0.6) is 0 Å². The summed E-state index contributed by atoms with van der Waals surface area (Å²) in [6.07, 6.45) is 2.05. The van der Waals surface area contributed by atoms with Gasteiger partial charge < -0.3 is 15.6 Å². The van der Waals surface area contributed by atoms with Crippen molar-refractivity contribution in [1.82, 2.24) is 14.9 Å². The summed E-state index contributed by atoms with van der Waals surface area (Å²) in [6.45, 7) is 0.0683. The highest BCUT2D eigenvalue weighted by molar-refractivity contribution is 14.1. The molecular weight excluding hydrogens is 362 g/mol. The van der Waals surface area contributed by atoms with Crippen molar-refractivity contribution < 1.29 is 9.18 Å². The van der Waals surface area contributed by atoms with Crippen molar-refractivity contribution >= 4 is 45.5 Å². The molecule has 0 saturated heterocycles. The maximum atomic E-state index is 13.6. The van der Waals surface area contributed by atoms with Crippen molar-refractivity contribution in [2.75, 3.05) is 5.73 Å². The standard InChI is InChI=1S/C12H12FIN4O/c13-7-3-10-9(4-8(7)14)17-12(15)18(10)5-11(19)16-6-1-2-6/h3-4,6H,1-2,5H2,(H2,15,17)(H,16,19). The zero-order valence-electron chi connectivity index (χ0n) is 9.99. The molecule has 0 radical (unpaired) electrons. The van der Waals surface area contributed by atoms with Crippen LogP contribution in [0.1, 0.15) is 12.8 Å². The number of carbonyl (C=O) groups is 1. The summed E-state index contributed by atoms with van der Waals surface area (Å²) in [5.74, 6) is -0.230. The Hall–Kier alpha value is -1.38. The van der Waals surface area contributed by atoms with Crippen LogP contribution < -0.4 is 11.1 Å². The van der Waals surface area contributed by atoms with Gasteiger partial charge >= 0.3 is 0 Å². The number of imidazole rings is 1. The van der Waals surface area contributed by atoms with Crippen molar-refractivity contribution in [3.63, 3.8) is 0 Å². The first-order valence-corrected chi connectivity index (χ1v) is 7.02. The molecule has 1 aliphatic rings. The Kier molecular flexibility index (Phi) is 3.08. The van der Waals surface area contributed by atoms with Crippen LogP contribution in [-0.4, -0.2) is 21.5 Å². The Morgan fingerprint density at radius 2 is 2.32 bits per heavy atom. The van der Waals surface area contributed by atoms with E-state index in [0.29, 0.717) is 20.6 Å². The maximum absolute atomic E-state index is 13.6. The van der Waals surface area contributed by atoms with Crippen LogP contribution in [0.25, 0.3) is 11.0 Å². The van der Waals surface area contributed by atoms with Crippen LogP contribution in [-0.2, 0) is 11.3 Å². The smallest absolute Gasteiger partial charge is 0.240 e. The van der Waals surface area contributed by atoms with E-state index in [1.54, 1.807) is 6.07 Å². The van der Waals surface area contributed by atoms with Crippen LogP contribution in [0.15, 0.2) is 12.1 Å². The van der Waals surface area contributed by atoms with Gasteiger partial charge in [0.1, 0.15) is 12.4 Å². The zero-order chi connectivity index (χ0) is 13.6. The summed E-state index contributed by atoms with van der Waals surface area (Å²) in [5.41, 5.74) is 6.94. The molecule has 0 spiro atoms. The first-order valence-electron chi connectivity index (χ1n) is 5.94. The number of hydrogen-bond acceptors (Lipinski definition) is 3. The highest BCUT2D eigenvalue weighted by atomic mass is 127. The predicted molar refractivity (Wildman–Crippen MR) is 78.0 cm³/mol. The summed E-state index contributed by atoms with van der Waals surface area (Å²) in [5, 5.41) is 2.87. The van der Waals surface area contributed by atoms with E-state index in [4.69, 9.17) is 5.73 Å². The minimum atomic E-state index is -0.336. The van der Waals surface area contributed by atoms with Crippen molar-refractivity contribution in [2.24, 2.45) is 0 Å². The molecule has 0 aliphatic heterocycles. The molecular formula is C12H12FIN4O. The second-order valence-corrected chi connectivity index (χ2v) is 5.82. The third kappa shape index (κ3) is 2.51. The fraction of sp³-hybridized carbons (Fsp3) is 0.333. The first-order chi connectivity index (χ1) is 9.04. The molecule has 5 nitrogen and oxygen atoms in total. The molecule has 1 aromatic carbocycles. The Bertz CT molecular complexity index is 665. The molecule has 1 fully saturated rings. The Morgan fingerprint density at radius 3 is 3.00 bits per heavy atom. The van der Waals surface area contributed by atoms with E-state index in [-0.39, 0.29) is 24.2 Å². The van der Waals surface area contributed by atoms with Crippen LogP contribution in [0, 0.1) is 9.39 Å². The average molecular weight is 374 g/mol. The van der Waals surface area contributed by atoms with Gasteiger partial charge in [0.15, 0.2) is 0 Å². The number of hydrogen-bond donors (Lipinski definition) is 2. The van der Waals surface area contributed by atoms with Crippen LogP contribution in [0.4, 0.5) is 10.3 Å². The lowest BCUT2D eigenvalue weighted by molar-refractivity contribution is -0.121. The van der Waals surface area contributed by atoms with Gasteiger partial charge in [0.05, 0.1) is 14.6 Å². The number of halogens is 2. The molecule has 1 saturated carbocycles. The van der Waals surface area contributed by atoms with E-state index in [1.165, 1.54) is 10.6 Å². The number of nitrogen functional groups attached to an aromatic ring is 1. The lowest BCUT2D eigenvalue weighted by Gasteiger charge is -2.07. The number of anilines is 1. The molecule has 1 aliphatic carbocycles. The molecule has 1 amide bonds. The van der Waals surface area contributed by atoms with Gasteiger partial charge in [-0.1, -0.05) is 0 Å². The number of benzene rings is 1. The molecule has 19 heavy (non-hydrogen) atoms. The van der Waals surface area contributed by atoms with E-state index < -0.39 is 0 Å². The Morgan fingerprint density at radius 1 is 1.58 bits per heavy atom. The largest absolute Gasteiger partial charge is 0.369 e. The molecule has 3 N–H and O–H groups in total. The molecule has 3 rings (SSSR count). The highest BCUT2D eigenvalue weighted by Gasteiger charge is 2.24. The second kappa shape index (κ2) is 4.62. The van der Waals surface area contributed by atoms with Gasteiger partial charge in [-0.25, -0.2) is 9.37 Å². The minimum Gasteiger partial charge on any atom is -0.369 e. The number of nitrogens with one attached hydrogen (secondary N) is 1. The van der Waals surface area contributed by atoms with Gasteiger partial charge in [0, 0.05) is 12.1 Å². The van der Waals surface area contributed by atoms with E-state index in [9.17, 15) is 9.18 Å². The van der Waals surface area contributed by atoms with Crippen LogP contribution in [0.2, 0.25) is 0 Å². The van der Waals surface area contributed by atoms with E-state index in [0.717, 1.165) is 12.8 Å². The summed E-state index contributed by atoms with van der Waals surface area (Å²) < 4.78 is 15.6. The molecule has 0 unspecified atom stereocenters. The van der Waals surface area contributed by atoms with Gasteiger partial charge in [-0.05, 0) is 41.5 Å². The number of nitrogens with zero attached hydrogens (tertiary/aromatic N) is 2. The van der Waals surface area contributed by atoms with Crippen molar-refractivity contribution in [3.8, 4) is 0 Å². The molecule has 0 atom stereocenters. The molecule has 1 heterocycles. The van der Waals surface area contributed by atoms with Crippen molar-refractivity contribution in [1.29, 1.82) is 0 Å². The van der Waals surface area contributed by atoms with E-state index in [1.807, 2.05) is 22.6 Å². The molecule has 100 valence electrons. The van der Waals surface area contributed by atoms with Gasteiger partial charge in [-0.15, -0.1) is 0 Å². The quantitative estimate of drug-likeness (QED) is 0.803. The summed E-state index contributed by atoms with van der Waals surface area (Å²) in [4.78, 5) is 16.0. The summed E-state index contributed by atoms with van der Waals surface area (Å²) >= 11 is 1.90. The molecule has 2 aromatic rings. The lowest BCUT2D eigenvalue weighted by Crippen LogP contribution is -2.29. The summed E-state index contributed by atoms with van der Waals surface area (Å²) in [7, 11) is 0. The second-order valence-electron chi connectivity index (χ2n) is 4.65. The number of amides is 1. The van der Waals surface area contributed by atoms with Crippen molar-refractivity contribution in [3.05, 3.63) is 21.5 Å². The third-order valence-electron chi connectivity index (χ3n) is 3.06. The Balaban J connectivity index is 1.94. The van der Waals surface area contributed by atoms with Gasteiger partial charge in [-0.2, -0.15) is 0 Å². The third-order valence-corrected chi connectivity index (χ3v) is 3.89. The fourth-order valence-corrected chi connectivity index (χ4v) is 2.40. The fourth-order valence-electron chi connectivity index (χ4n) is 1.95. The number of aromatic nitrogens is 2. The minimum absolute atomic E-state index is 0.0683. The topological polar surface area (TPSA) is 72.9 Å². The average Bonchev–Trinajstić information content (AvgIpc) is 3.09. The van der Waals surface area contributed by atoms with Crippen LogP contribution in [0.3, 0.4) is 0 Å². The number of nitrogens with two attached hydrogens (primary N) is 1. The molecule has 7 heteroatoms. The normalized spacial score (nSPS) is 14.8.